The Bertz CT molecular complexity index is 1670. The van der Waals surface area contributed by atoms with Crippen molar-refractivity contribution in [3.8, 4) is 22.9 Å². The maximum atomic E-state index is 14.1. The van der Waals surface area contributed by atoms with Gasteiger partial charge >= 0.3 is 0 Å². The summed E-state index contributed by atoms with van der Waals surface area (Å²) in [6, 6.07) is 9.39. The number of aryl methyl sites for hydroxylation is 1. The van der Waals surface area contributed by atoms with Crippen molar-refractivity contribution < 1.29 is 9.84 Å². The second-order valence-corrected chi connectivity index (χ2v) is 11.3. The lowest BCUT2D eigenvalue weighted by atomic mass is 10.0. The Morgan fingerprint density at radius 3 is 2.77 bits per heavy atom. The highest BCUT2D eigenvalue weighted by atomic mass is 35.5. The number of phenolic OH excluding ortho intramolecular Hbond substituents is 1. The number of hydrogen-bond donors (Lipinski definition) is 1. The van der Waals surface area contributed by atoms with Crippen LogP contribution >= 0.6 is 34.3 Å². The van der Waals surface area contributed by atoms with E-state index < -0.39 is 0 Å². The Labute approximate surface area is 214 Å². The molecule has 0 bridgehead atoms. The zero-order valence-corrected chi connectivity index (χ0v) is 21.6. The molecule has 0 atom stereocenters. The quantitative estimate of drug-likeness (QED) is 0.271. The maximum absolute atomic E-state index is 14.1. The van der Waals surface area contributed by atoms with E-state index in [0.717, 1.165) is 46.0 Å². The van der Waals surface area contributed by atoms with Crippen molar-refractivity contribution in [3.63, 3.8) is 0 Å². The van der Waals surface area contributed by atoms with E-state index in [1.54, 1.807) is 35.1 Å². The van der Waals surface area contributed by atoms with Crippen LogP contribution in [0.2, 0.25) is 5.02 Å². The number of fused-ring (bicyclic) bond motifs is 3. The summed E-state index contributed by atoms with van der Waals surface area (Å²) in [4.78, 5) is 25.2. The molecule has 1 N–H and O–H groups in total. The van der Waals surface area contributed by atoms with Gasteiger partial charge in [0.25, 0.3) is 5.56 Å². The van der Waals surface area contributed by atoms with Crippen LogP contribution in [0.5, 0.6) is 11.5 Å². The number of phenols is 1. The van der Waals surface area contributed by atoms with Gasteiger partial charge in [-0.3, -0.25) is 9.36 Å². The molecule has 0 amide bonds. The van der Waals surface area contributed by atoms with Gasteiger partial charge in [-0.2, -0.15) is 0 Å². The van der Waals surface area contributed by atoms with Crippen LogP contribution in [0.1, 0.15) is 41.1 Å². The van der Waals surface area contributed by atoms with E-state index in [4.69, 9.17) is 21.3 Å². The normalized spacial score (nSPS) is 13.7. The first-order valence-corrected chi connectivity index (χ1v) is 13.5. The van der Waals surface area contributed by atoms with E-state index in [9.17, 15) is 9.90 Å². The lowest BCUT2D eigenvalue weighted by Gasteiger charge is -2.16. The van der Waals surface area contributed by atoms with Gasteiger partial charge in [0.2, 0.25) is 0 Å². The fourth-order valence-corrected chi connectivity index (χ4v) is 6.66. The smallest absolute Gasteiger partial charge is 0.263 e. The van der Waals surface area contributed by atoms with E-state index in [2.05, 4.69) is 18.0 Å². The lowest BCUT2D eigenvalue weighted by Crippen LogP contribution is -2.23. The molecule has 1 aliphatic rings. The predicted molar refractivity (Wildman–Crippen MR) is 143 cm³/mol. The average molecular weight is 524 g/mol. The van der Waals surface area contributed by atoms with Gasteiger partial charge in [0.15, 0.2) is 5.75 Å². The Morgan fingerprint density at radius 2 is 2.06 bits per heavy atom. The molecule has 178 valence electrons. The van der Waals surface area contributed by atoms with Crippen LogP contribution in [0, 0.1) is 0 Å². The van der Waals surface area contributed by atoms with Crippen molar-refractivity contribution in [2.24, 2.45) is 0 Å². The summed E-state index contributed by atoms with van der Waals surface area (Å²) in [6.07, 6.45) is 4.91. The molecule has 1 saturated carbocycles. The Balaban J connectivity index is 1.65. The Hall–Kier alpha value is -2.94. The first kappa shape index (κ1) is 22.5. The molecule has 9 heteroatoms. The molecular formula is C26H22ClN3O3S2. The SMILES string of the molecule is CCc1ncc(Cn2c(-c3ccc(OC)cc3C3CC3)nc3sc4c(O)c(Cl)ccc4c3c2=O)s1. The predicted octanol–water partition coefficient (Wildman–Crippen LogP) is 6.59. The summed E-state index contributed by atoms with van der Waals surface area (Å²) in [6.45, 7) is 2.45. The highest BCUT2D eigenvalue weighted by Crippen LogP contribution is 2.46. The molecule has 0 saturated heterocycles. The molecule has 1 fully saturated rings. The average Bonchev–Trinajstić information content (AvgIpc) is 3.50. The maximum Gasteiger partial charge on any atom is 0.263 e. The van der Waals surface area contributed by atoms with E-state index in [-0.39, 0.29) is 16.3 Å². The van der Waals surface area contributed by atoms with Gasteiger partial charge in [-0.25, -0.2) is 9.97 Å². The van der Waals surface area contributed by atoms with Gasteiger partial charge in [-0.15, -0.1) is 22.7 Å². The van der Waals surface area contributed by atoms with Gasteiger partial charge in [-0.05, 0) is 55.0 Å². The summed E-state index contributed by atoms with van der Waals surface area (Å²) >= 11 is 9.07. The number of aromatic nitrogens is 3. The van der Waals surface area contributed by atoms with Gasteiger partial charge in [0.05, 0.1) is 33.8 Å². The summed E-state index contributed by atoms with van der Waals surface area (Å²) in [5.74, 6) is 1.83. The number of thiazole rings is 1. The highest BCUT2D eigenvalue weighted by molar-refractivity contribution is 7.25. The van der Waals surface area contributed by atoms with Gasteiger partial charge < -0.3 is 9.84 Å². The molecular weight excluding hydrogens is 502 g/mol. The minimum atomic E-state index is -0.137. The van der Waals surface area contributed by atoms with Crippen LogP contribution in [-0.4, -0.2) is 26.8 Å². The number of hydrogen-bond acceptors (Lipinski definition) is 7. The molecule has 1 aliphatic carbocycles. The summed E-state index contributed by atoms with van der Waals surface area (Å²) in [5.41, 5.74) is 1.95. The number of thiophene rings is 1. The molecule has 0 unspecified atom stereocenters. The zero-order valence-electron chi connectivity index (χ0n) is 19.2. The molecule has 35 heavy (non-hydrogen) atoms. The summed E-state index contributed by atoms with van der Waals surface area (Å²) in [5, 5.41) is 13.0. The first-order chi connectivity index (χ1) is 17.0. The topological polar surface area (TPSA) is 77.2 Å². The lowest BCUT2D eigenvalue weighted by molar-refractivity contribution is 0.414. The van der Waals surface area contributed by atoms with Crippen LogP contribution in [0.25, 0.3) is 31.7 Å². The molecule has 6 nitrogen and oxygen atoms in total. The number of nitrogens with zero attached hydrogens (tertiary/aromatic N) is 3. The second kappa shape index (κ2) is 8.62. The first-order valence-electron chi connectivity index (χ1n) is 11.4. The minimum absolute atomic E-state index is 0.0159. The number of rotatable bonds is 6. The molecule has 2 aromatic carbocycles. The van der Waals surface area contributed by atoms with Crippen molar-refractivity contribution >= 4 is 54.6 Å². The molecule has 3 heterocycles. The molecule has 5 aromatic rings. The Morgan fingerprint density at radius 1 is 1.23 bits per heavy atom. The number of ether oxygens (including phenoxy) is 1. The molecule has 0 radical (unpaired) electrons. The van der Waals surface area contributed by atoms with E-state index in [1.165, 1.54) is 11.3 Å². The van der Waals surface area contributed by atoms with Crippen molar-refractivity contribution in [3.05, 3.63) is 67.4 Å². The van der Waals surface area contributed by atoms with Crippen LogP contribution in [0.15, 0.2) is 41.3 Å². The number of benzene rings is 2. The fourth-order valence-electron chi connectivity index (χ4n) is 4.48. The van der Waals surface area contributed by atoms with E-state index >= 15 is 0 Å². The summed E-state index contributed by atoms with van der Waals surface area (Å²) in [7, 11) is 1.66. The summed E-state index contributed by atoms with van der Waals surface area (Å²) < 4.78 is 7.81. The molecule has 0 aliphatic heterocycles. The van der Waals surface area contributed by atoms with Gasteiger partial charge in [-0.1, -0.05) is 24.6 Å². The van der Waals surface area contributed by atoms with E-state index in [1.807, 2.05) is 18.3 Å². The monoisotopic (exact) mass is 523 g/mol. The molecule has 3 aromatic heterocycles. The van der Waals surface area contributed by atoms with Crippen LogP contribution in [0.4, 0.5) is 0 Å². The largest absolute Gasteiger partial charge is 0.505 e. The second-order valence-electron chi connectivity index (χ2n) is 8.68. The van der Waals surface area contributed by atoms with Crippen molar-refractivity contribution in [2.75, 3.05) is 7.11 Å². The number of halogens is 1. The molecule has 0 spiro atoms. The van der Waals surface area contributed by atoms with Crippen molar-refractivity contribution in [2.45, 2.75) is 38.6 Å². The zero-order chi connectivity index (χ0) is 24.3. The highest BCUT2D eigenvalue weighted by Gasteiger charge is 2.29. The standard InChI is InChI=1S/C26H22ClN3O3S2/c1-3-20-28-11-15(34-20)12-30-24(16-7-6-14(33-2)10-18(16)13-4-5-13)29-25-21(26(30)32)17-8-9-19(27)22(31)23(17)35-25/h6-11,13,31H,3-5,12H2,1-2H3. The van der Waals surface area contributed by atoms with Gasteiger partial charge in [0.1, 0.15) is 16.4 Å². The Kier molecular flexibility index (Phi) is 5.55. The third-order valence-electron chi connectivity index (χ3n) is 6.42. The minimum Gasteiger partial charge on any atom is -0.505 e. The number of aromatic hydroxyl groups is 1. The number of methoxy groups -OCH3 is 1. The van der Waals surface area contributed by atoms with Crippen molar-refractivity contribution in [1.29, 1.82) is 0 Å². The van der Waals surface area contributed by atoms with Crippen molar-refractivity contribution in [1.82, 2.24) is 14.5 Å². The molecule has 6 rings (SSSR count). The third-order valence-corrected chi connectivity index (χ3v) is 8.96. The third kappa shape index (κ3) is 3.80. The van der Waals surface area contributed by atoms with Crippen LogP contribution < -0.4 is 10.3 Å². The van der Waals surface area contributed by atoms with Gasteiger partial charge in [0, 0.05) is 22.0 Å². The van der Waals surface area contributed by atoms with Crippen LogP contribution in [-0.2, 0) is 13.0 Å². The fraction of sp³-hybridized carbons (Fsp3) is 0.269. The van der Waals surface area contributed by atoms with Crippen LogP contribution in [0.3, 0.4) is 0 Å². The van der Waals surface area contributed by atoms with E-state index in [0.29, 0.717) is 38.6 Å².